The summed E-state index contributed by atoms with van der Waals surface area (Å²) in [7, 11) is 0. The van der Waals surface area contributed by atoms with Crippen molar-refractivity contribution in [3.8, 4) is 0 Å². The predicted octanol–water partition coefficient (Wildman–Crippen LogP) is 5.88. The maximum absolute atomic E-state index is 3.82. The molecule has 1 aromatic rings. The van der Waals surface area contributed by atoms with Crippen LogP contribution in [0.2, 0.25) is 0 Å². The number of thiophene rings is 1. The Hall–Kier alpha value is -0.340. The molecule has 2 heteroatoms. The number of hydrogen-bond acceptors (Lipinski definition) is 2. The smallest absolute Gasteiger partial charge is 0.0417 e. The molecule has 1 heterocycles. The molecule has 0 spiro atoms. The lowest BCUT2D eigenvalue weighted by atomic mass is 9.93. The minimum atomic E-state index is 0.590. The monoisotopic (exact) mass is 307 g/mol. The van der Waals surface area contributed by atoms with Crippen molar-refractivity contribution in [1.29, 1.82) is 0 Å². The number of nitrogens with one attached hydrogen (secondary N) is 1. The van der Waals surface area contributed by atoms with E-state index in [0.29, 0.717) is 6.04 Å². The normalized spacial score (nSPS) is 16.8. The summed E-state index contributed by atoms with van der Waals surface area (Å²) in [6, 6.07) is 3.13. The van der Waals surface area contributed by atoms with E-state index in [0.717, 1.165) is 12.5 Å². The summed E-state index contributed by atoms with van der Waals surface area (Å²) in [5.74, 6) is 0.862. The van der Waals surface area contributed by atoms with Crippen LogP contribution in [-0.2, 0) is 12.8 Å². The van der Waals surface area contributed by atoms with E-state index in [2.05, 4.69) is 43.5 Å². The SMILES string of the molecule is CCCNC(CC(CC)CC)c1cc2c(s1)CCCCC2. The van der Waals surface area contributed by atoms with Crippen LogP contribution in [0, 0.1) is 5.92 Å². The first-order chi connectivity index (χ1) is 10.3. The zero-order chi connectivity index (χ0) is 15.1. The Balaban J connectivity index is 2.11. The molecule has 0 saturated heterocycles. The molecule has 0 amide bonds. The van der Waals surface area contributed by atoms with Crippen LogP contribution >= 0.6 is 11.3 Å². The molecule has 1 aromatic heterocycles. The average Bonchev–Trinajstić information content (AvgIpc) is 2.78. The van der Waals surface area contributed by atoms with Crippen LogP contribution in [0.3, 0.4) is 0 Å². The lowest BCUT2D eigenvalue weighted by Gasteiger charge is -2.22. The Bertz CT molecular complexity index is 382. The van der Waals surface area contributed by atoms with Crippen LogP contribution in [0.25, 0.3) is 0 Å². The van der Waals surface area contributed by atoms with Crippen molar-refractivity contribution in [2.24, 2.45) is 5.92 Å². The van der Waals surface area contributed by atoms with E-state index >= 15 is 0 Å². The van der Waals surface area contributed by atoms with Gasteiger partial charge in [0.1, 0.15) is 0 Å². The molecule has 120 valence electrons. The molecule has 21 heavy (non-hydrogen) atoms. The lowest BCUT2D eigenvalue weighted by Crippen LogP contribution is -2.23. The molecule has 1 N–H and O–H groups in total. The highest BCUT2D eigenvalue weighted by molar-refractivity contribution is 7.12. The Morgan fingerprint density at radius 2 is 1.86 bits per heavy atom. The molecule has 0 aromatic carbocycles. The average molecular weight is 308 g/mol. The van der Waals surface area contributed by atoms with Gasteiger partial charge in [0.05, 0.1) is 0 Å². The van der Waals surface area contributed by atoms with Gasteiger partial charge in [-0.1, -0.05) is 40.0 Å². The Morgan fingerprint density at radius 1 is 1.10 bits per heavy atom. The van der Waals surface area contributed by atoms with Gasteiger partial charge in [-0.05, 0) is 62.6 Å². The zero-order valence-electron chi connectivity index (χ0n) is 14.2. The Morgan fingerprint density at radius 3 is 2.57 bits per heavy atom. The molecule has 0 bridgehead atoms. The molecule has 1 nitrogen and oxygen atoms in total. The first kappa shape index (κ1) is 17.0. The fourth-order valence-electron chi connectivity index (χ4n) is 3.44. The van der Waals surface area contributed by atoms with Gasteiger partial charge in [-0.2, -0.15) is 0 Å². The first-order valence-corrected chi connectivity index (χ1v) is 9.94. The Kier molecular flexibility index (Phi) is 7.25. The zero-order valence-corrected chi connectivity index (χ0v) is 15.0. The summed E-state index contributed by atoms with van der Waals surface area (Å²) in [4.78, 5) is 3.30. The maximum Gasteiger partial charge on any atom is 0.0417 e. The van der Waals surface area contributed by atoms with Gasteiger partial charge in [-0.25, -0.2) is 0 Å². The molecule has 0 saturated carbocycles. The summed E-state index contributed by atoms with van der Waals surface area (Å²) >= 11 is 2.11. The van der Waals surface area contributed by atoms with Crippen molar-refractivity contribution in [3.63, 3.8) is 0 Å². The van der Waals surface area contributed by atoms with E-state index in [1.165, 1.54) is 57.8 Å². The van der Waals surface area contributed by atoms with Gasteiger partial charge in [-0.3, -0.25) is 0 Å². The van der Waals surface area contributed by atoms with Crippen LogP contribution < -0.4 is 5.32 Å². The molecule has 1 aliphatic rings. The minimum Gasteiger partial charge on any atom is -0.309 e. The highest BCUT2D eigenvalue weighted by Crippen LogP contribution is 2.35. The topological polar surface area (TPSA) is 12.0 Å². The fraction of sp³-hybridized carbons (Fsp3) is 0.789. The highest BCUT2D eigenvalue weighted by Gasteiger charge is 2.20. The number of aryl methyl sites for hydroxylation is 2. The van der Waals surface area contributed by atoms with Gasteiger partial charge in [0.15, 0.2) is 0 Å². The van der Waals surface area contributed by atoms with Crippen molar-refractivity contribution >= 4 is 11.3 Å². The fourth-order valence-corrected chi connectivity index (χ4v) is 4.78. The second-order valence-electron chi connectivity index (χ2n) is 6.58. The Labute approximate surface area is 135 Å². The second kappa shape index (κ2) is 8.95. The third kappa shape index (κ3) is 4.82. The van der Waals surface area contributed by atoms with Crippen LogP contribution in [0.5, 0.6) is 0 Å². The summed E-state index contributed by atoms with van der Waals surface area (Å²) < 4.78 is 0. The third-order valence-corrected chi connectivity index (χ3v) is 6.32. The summed E-state index contributed by atoms with van der Waals surface area (Å²) in [6.07, 6.45) is 12.0. The van der Waals surface area contributed by atoms with E-state index in [1.54, 1.807) is 15.3 Å². The van der Waals surface area contributed by atoms with Crippen molar-refractivity contribution in [2.75, 3.05) is 6.54 Å². The van der Waals surface area contributed by atoms with Gasteiger partial charge in [0.25, 0.3) is 0 Å². The van der Waals surface area contributed by atoms with Crippen molar-refractivity contribution in [2.45, 2.75) is 84.6 Å². The molecular weight excluding hydrogens is 274 g/mol. The van der Waals surface area contributed by atoms with Gasteiger partial charge in [0.2, 0.25) is 0 Å². The largest absolute Gasteiger partial charge is 0.309 e. The van der Waals surface area contributed by atoms with Crippen LogP contribution in [0.4, 0.5) is 0 Å². The molecule has 2 rings (SSSR count). The van der Waals surface area contributed by atoms with E-state index < -0.39 is 0 Å². The third-order valence-electron chi connectivity index (χ3n) is 4.97. The molecule has 1 aliphatic carbocycles. The highest BCUT2D eigenvalue weighted by atomic mass is 32.1. The van der Waals surface area contributed by atoms with Crippen LogP contribution in [-0.4, -0.2) is 6.54 Å². The standard InChI is InChI=1S/C19H33NS/c1-4-12-20-17(13-15(5-2)6-3)19-14-16-10-8-7-9-11-18(16)21-19/h14-15,17,20H,4-13H2,1-3H3. The summed E-state index contributed by atoms with van der Waals surface area (Å²) in [6.45, 7) is 8.10. The molecule has 1 unspecified atom stereocenters. The van der Waals surface area contributed by atoms with Crippen LogP contribution in [0.1, 0.15) is 87.1 Å². The van der Waals surface area contributed by atoms with Gasteiger partial charge < -0.3 is 5.32 Å². The van der Waals surface area contributed by atoms with Gasteiger partial charge in [-0.15, -0.1) is 11.3 Å². The molecular formula is C19H33NS. The second-order valence-corrected chi connectivity index (χ2v) is 7.75. The number of hydrogen-bond donors (Lipinski definition) is 1. The molecule has 0 fully saturated rings. The van der Waals surface area contributed by atoms with Gasteiger partial charge >= 0.3 is 0 Å². The quantitative estimate of drug-likeness (QED) is 0.591. The first-order valence-electron chi connectivity index (χ1n) is 9.13. The van der Waals surface area contributed by atoms with Gasteiger partial charge in [0, 0.05) is 15.8 Å². The van der Waals surface area contributed by atoms with E-state index in [4.69, 9.17) is 0 Å². The minimum absolute atomic E-state index is 0.590. The number of rotatable bonds is 8. The lowest BCUT2D eigenvalue weighted by molar-refractivity contribution is 0.374. The summed E-state index contributed by atoms with van der Waals surface area (Å²) in [5, 5.41) is 3.82. The molecule has 0 radical (unpaired) electrons. The van der Waals surface area contributed by atoms with E-state index in [-0.39, 0.29) is 0 Å². The van der Waals surface area contributed by atoms with Crippen molar-refractivity contribution < 1.29 is 0 Å². The molecule has 0 aliphatic heterocycles. The number of fused-ring (bicyclic) bond motifs is 1. The van der Waals surface area contributed by atoms with Crippen LogP contribution in [0.15, 0.2) is 6.07 Å². The summed E-state index contributed by atoms with van der Waals surface area (Å²) in [5.41, 5.74) is 1.67. The van der Waals surface area contributed by atoms with Crippen molar-refractivity contribution in [3.05, 3.63) is 21.4 Å². The maximum atomic E-state index is 3.82. The van der Waals surface area contributed by atoms with E-state index in [9.17, 15) is 0 Å². The predicted molar refractivity (Wildman–Crippen MR) is 95.3 cm³/mol. The van der Waals surface area contributed by atoms with E-state index in [1.807, 2.05) is 0 Å². The molecule has 1 atom stereocenters. The van der Waals surface area contributed by atoms with Crippen molar-refractivity contribution in [1.82, 2.24) is 5.32 Å².